The number of nitrogens with zero attached hydrogens (tertiary/aromatic N) is 2. The third kappa shape index (κ3) is 3.71. The summed E-state index contributed by atoms with van der Waals surface area (Å²) < 4.78 is 18.3. The molecule has 2 heterocycles. The molecule has 3 rings (SSSR count). The van der Waals surface area contributed by atoms with E-state index in [4.69, 9.17) is 4.74 Å². The maximum Gasteiger partial charge on any atom is 0.241 e. The summed E-state index contributed by atoms with van der Waals surface area (Å²) in [5.74, 6) is 0.264. The zero-order chi connectivity index (χ0) is 16.9. The minimum Gasteiger partial charge on any atom is -0.494 e. The highest BCUT2D eigenvalue weighted by atomic mass is 19.1. The highest BCUT2D eigenvalue weighted by Gasteiger charge is 2.31. The first kappa shape index (κ1) is 16.4. The average molecular weight is 329 g/mol. The second-order valence-corrected chi connectivity index (χ2v) is 5.82. The van der Waals surface area contributed by atoms with Gasteiger partial charge in [0.2, 0.25) is 5.91 Å². The van der Waals surface area contributed by atoms with Crippen LogP contribution in [-0.4, -0.2) is 35.5 Å². The maximum absolute atomic E-state index is 13.0. The molecule has 0 bridgehead atoms. The van der Waals surface area contributed by atoms with E-state index in [-0.39, 0.29) is 17.8 Å². The summed E-state index contributed by atoms with van der Waals surface area (Å²) in [5, 5.41) is 2.90. The van der Waals surface area contributed by atoms with Crippen LogP contribution in [0.3, 0.4) is 0 Å². The predicted molar refractivity (Wildman–Crippen MR) is 89.3 cm³/mol. The number of hydrogen-bond acceptors (Lipinski definition) is 4. The van der Waals surface area contributed by atoms with Gasteiger partial charge >= 0.3 is 0 Å². The molecule has 1 atom stereocenters. The van der Waals surface area contributed by atoms with E-state index < -0.39 is 0 Å². The molecule has 1 aliphatic rings. The van der Waals surface area contributed by atoms with Crippen molar-refractivity contribution < 1.29 is 13.9 Å². The Bertz CT molecular complexity index is 706. The van der Waals surface area contributed by atoms with Crippen LogP contribution in [0.15, 0.2) is 42.7 Å². The Balaban J connectivity index is 1.68. The number of hydrogen-bond donors (Lipinski definition) is 1. The fourth-order valence-electron chi connectivity index (χ4n) is 3.01. The summed E-state index contributed by atoms with van der Waals surface area (Å²) in [6.45, 7) is 1.47. The van der Waals surface area contributed by atoms with Crippen LogP contribution in [0.2, 0.25) is 0 Å². The van der Waals surface area contributed by atoms with Gasteiger partial charge in [-0.15, -0.1) is 0 Å². The topological polar surface area (TPSA) is 54.5 Å². The Kier molecular flexibility index (Phi) is 5.05. The minimum absolute atomic E-state index is 0.0686. The molecule has 1 aromatic heterocycles. The molecule has 1 N–H and O–H groups in total. The number of benzene rings is 1. The number of amides is 1. The van der Waals surface area contributed by atoms with E-state index in [9.17, 15) is 9.18 Å². The molecule has 5 nitrogen and oxygen atoms in total. The van der Waals surface area contributed by atoms with Crippen LogP contribution in [-0.2, 0) is 11.3 Å². The molecular weight excluding hydrogens is 309 g/mol. The number of halogens is 1. The van der Waals surface area contributed by atoms with E-state index in [0.29, 0.717) is 18.0 Å². The van der Waals surface area contributed by atoms with Crippen molar-refractivity contribution in [2.75, 3.05) is 19.0 Å². The summed E-state index contributed by atoms with van der Waals surface area (Å²) in [5.41, 5.74) is 1.56. The highest BCUT2D eigenvalue weighted by Crippen LogP contribution is 2.25. The second-order valence-electron chi connectivity index (χ2n) is 5.82. The fraction of sp³-hybridized carbons (Fsp3) is 0.333. The van der Waals surface area contributed by atoms with Crippen molar-refractivity contribution >= 4 is 11.6 Å². The number of anilines is 1. The first-order valence-corrected chi connectivity index (χ1v) is 7.95. The lowest BCUT2D eigenvalue weighted by atomic mass is 10.1. The molecule has 0 radical (unpaired) electrons. The number of ether oxygens (including phenoxy) is 1. The van der Waals surface area contributed by atoms with Gasteiger partial charge in [-0.3, -0.25) is 14.7 Å². The van der Waals surface area contributed by atoms with Gasteiger partial charge in [0, 0.05) is 18.8 Å². The van der Waals surface area contributed by atoms with Crippen molar-refractivity contribution in [2.24, 2.45) is 0 Å². The Morgan fingerprint density at radius 2 is 2.17 bits per heavy atom. The van der Waals surface area contributed by atoms with E-state index in [1.807, 2.05) is 0 Å². The number of methoxy groups -OCH3 is 1. The number of carbonyl (C=O) groups is 1. The van der Waals surface area contributed by atoms with Gasteiger partial charge in [-0.25, -0.2) is 4.39 Å². The van der Waals surface area contributed by atoms with Gasteiger partial charge in [-0.05, 0) is 37.1 Å². The number of aromatic nitrogens is 1. The largest absolute Gasteiger partial charge is 0.494 e. The van der Waals surface area contributed by atoms with E-state index in [1.54, 1.807) is 37.7 Å². The molecule has 24 heavy (non-hydrogen) atoms. The van der Waals surface area contributed by atoms with Crippen LogP contribution in [0.4, 0.5) is 10.1 Å². The van der Waals surface area contributed by atoms with Gasteiger partial charge in [-0.1, -0.05) is 12.1 Å². The monoisotopic (exact) mass is 329 g/mol. The molecule has 1 unspecified atom stereocenters. The summed E-state index contributed by atoms with van der Waals surface area (Å²) in [6, 6.07) is 7.90. The molecule has 0 aliphatic carbocycles. The summed E-state index contributed by atoms with van der Waals surface area (Å²) >= 11 is 0. The summed E-state index contributed by atoms with van der Waals surface area (Å²) in [4.78, 5) is 18.8. The number of likely N-dealkylation sites (tertiary alicyclic amines) is 1. The predicted octanol–water partition coefficient (Wildman–Crippen LogP) is 2.83. The lowest BCUT2D eigenvalue weighted by Gasteiger charge is -2.24. The third-order valence-corrected chi connectivity index (χ3v) is 4.22. The summed E-state index contributed by atoms with van der Waals surface area (Å²) in [7, 11) is 1.56. The van der Waals surface area contributed by atoms with Crippen LogP contribution in [0.1, 0.15) is 18.4 Å². The van der Waals surface area contributed by atoms with Crippen molar-refractivity contribution in [1.29, 1.82) is 0 Å². The van der Waals surface area contributed by atoms with Crippen molar-refractivity contribution in [3.05, 3.63) is 54.1 Å². The first-order valence-electron chi connectivity index (χ1n) is 7.95. The van der Waals surface area contributed by atoms with E-state index in [1.165, 1.54) is 12.1 Å². The lowest BCUT2D eigenvalue weighted by molar-refractivity contribution is -0.120. The second kappa shape index (κ2) is 7.40. The van der Waals surface area contributed by atoms with Crippen molar-refractivity contribution in [3.8, 4) is 5.75 Å². The third-order valence-electron chi connectivity index (χ3n) is 4.22. The van der Waals surface area contributed by atoms with Crippen molar-refractivity contribution in [3.63, 3.8) is 0 Å². The molecule has 0 spiro atoms. The SMILES string of the molecule is COc1ccncc1NC(=O)C1CCCN1Cc1ccc(F)cc1. The maximum atomic E-state index is 13.0. The summed E-state index contributed by atoms with van der Waals surface area (Å²) in [6.07, 6.45) is 4.96. The van der Waals surface area contributed by atoms with Crippen LogP contribution in [0.25, 0.3) is 0 Å². The standard InChI is InChI=1S/C18H20FN3O2/c1-24-17-8-9-20-11-15(17)21-18(23)16-3-2-10-22(16)12-13-4-6-14(19)7-5-13/h4-9,11,16H,2-3,10,12H2,1H3,(H,21,23). The van der Waals surface area contributed by atoms with Crippen LogP contribution in [0, 0.1) is 5.82 Å². The van der Waals surface area contributed by atoms with E-state index >= 15 is 0 Å². The van der Waals surface area contributed by atoms with Crippen LogP contribution < -0.4 is 10.1 Å². The molecule has 0 saturated carbocycles. The van der Waals surface area contributed by atoms with Gasteiger partial charge in [0.1, 0.15) is 17.3 Å². The fourth-order valence-corrected chi connectivity index (χ4v) is 3.01. The number of pyridine rings is 1. The van der Waals surface area contributed by atoms with Gasteiger partial charge in [-0.2, -0.15) is 0 Å². The van der Waals surface area contributed by atoms with Crippen molar-refractivity contribution in [2.45, 2.75) is 25.4 Å². The quantitative estimate of drug-likeness (QED) is 0.916. The molecule has 126 valence electrons. The van der Waals surface area contributed by atoms with Crippen LogP contribution in [0.5, 0.6) is 5.75 Å². The smallest absolute Gasteiger partial charge is 0.241 e. The van der Waals surface area contributed by atoms with Gasteiger partial charge in [0.15, 0.2) is 0 Å². The lowest BCUT2D eigenvalue weighted by Crippen LogP contribution is -2.39. The average Bonchev–Trinajstić information content (AvgIpc) is 3.05. The number of nitrogens with one attached hydrogen (secondary N) is 1. The number of rotatable bonds is 5. The molecule has 1 aliphatic heterocycles. The van der Waals surface area contributed by atoms with E-state index in [0.717, 1.165) is 24.9 Å². The molecule has 2 aromatic rings. The van der Waals surface area contributed by atoms with Gasteiger partial charge in [0.05, 0.1) is 19.3 Å². The zero-order valence-corrected chi connectivity index (χ0v) is 13.5. The normalized spacial score (nSPS) is 17.7. The molecule has 1 saturated heterocycles. The van der Waals surface area contributed by atoms with Gasteiger partial charge < -0.3 is 10.1 Å². The van der Waals surface area contributed by atoms with Crippen LogP contribution >= 0.6 is 0 Å². The molecular formula is C18H20FN3O2. The Morgan fingerprint density at radius 3 is 2.92 bits per heavy atom. The highest BCUT2D eigenvalue weighted by molar-refractivity contribution is 5.96. The zero-order valence-electron chi connectivity index (χ0n) is 13.5. The molecule has 1 fully saturated rings. The Labute approximate surface area is 140 Å². The van der Waals surface area contributed by atoms with E-state index in [2.05, 4.69) is 15.2 Å². The molecule has 1 amide bonds. The number of carbonyl (C=O) groups excluding carboxylic acids is 1. The molecule has 6 heteroatoms. The first-order chi connectivity index (χ1) is 11.7. The van der Waals surface area contributed by atoms with Gasteiger partial charge in [0.25, 0.3) is 0 Å². The van der Waals surface area contributed by atoms with Crippen molar-refractivity contribution in [1.82, 2.24) is 9.88 Å². The Morgan fingerprint density at radius 1 is 1.38 bits per heavy atom. The minimum atomic E-state index is -0.252. The molecule has 1 aromatic carbocycles. The Hall–Kier alpha value is -2.47.